The van der Waals surface area contributed by atoms with Crippen molar-refractivity contribution in [2.45, 2.75) is 53.0 Å². The van der Waals surface area contributed by atoms with E-state index in [1.54, 1.807) is 6.92 Å². The summed E-state index contributed by atoms with van der Waals surface area (Å²) >= 11 is 1.09. The number of carbonyl (C=O) groups excluding carboxylic acids is 2. The maximum Gasteiger partial charge on any atom is 0.262 e. The summed E-state index contributed by atoms with van der Waals surface area (Å²) in [4.78, 5) is 42.3. The minimum Gasteiger partial charge on any atom is -0.365 e. The van der Waals surface area contributed by atoms with Crippen molar-refractivity contribution in [3.05, 3.63) is 56.4 Å². The number of para-hydroxylation sites is 1. The van der Waals surface area contributed by atoms with Crippen molar-refractivity contribution in [3.8, 4) is 0 Å². The monoisotopic (exact) mass is 426 g/mol. The molecule has 0 bridgehead atoms. The predicted octanol–water partition coefficient (Wildman–Crippen LogP) is 3.75. The van der Waals surface area contributed by atoms with Gasteiger partial charge < -0.3 is 11.1 Å². The summed E-state index contributed by atoms with van der Waals surface area (Å²) in [5.74, 6) is -0.428. The predicted molar refractivity (Wildman–Crippen MR) is 120 cm³/mol. The lowest BCUT2D eigenvalue weighted by Gasteiger charge is -2.20. The van der Waals surface area contributed by atoms with Gasteiger partial charge in [-0.2, -0.15) is 0 Å². The van der Waals surface area contributed by atoms with Gasteiger partial charge in [0.1, 0.15) is 11.4 Å². The number of rotatable bonds is 6. The lowest BCUT2D eigenvalue weighted by molar-refractivity contribution is -0.116. The number of primary amides is 1. The molecule has 0 aliphatic carbocycles. The fourth-order valence-electron chi connectivity index (χ4n) is 3.54. The van der Waals surface area contributed by atoms with Gasteiger partial charge >= 0.3 is 0 Å². The van der Waals surface area contributed by atoms with Crippen LogP contribution in [0.15, 0.2) is 29.3 Å². The number of nitrogens with zero attached hydrogens (tertiary/aromatic N) is 2. The van der Waals surface area contributed by atoms with E-state index in [0.717, 1.165) is 28.2 Å². The number of carbonyl (C=O) groups is 2. The Morgan fingerprint density at radius 1 is 1.17 bits per heavy atom. The topological polar surface area (TPSA) is 107 Å². The molecule has 1 aromatic carbocycles. The number of hydrogen-bond acceptors (Lipinski definition) is 5. The van der Waals surface area contributed by atoms with Gasteiger partial charge in [-0.1, -0.05) is 45.9 Å². The molecule has 0 aliphatic heterocycles. The SMILES string of the molecule is Cc1c(C(N)=O)sc2ncn(CC(=O)Nc3c(C(C)C)cccc3C(C)C)c(=O)c12. The molecule has 2 aromatic heterocycles. The maximum absolute atomic E-state index is 12.9. The lowest BCUT2D eigenvalue weighted by atomic mass is 9.92. The number of amides is 2. The molecule has 3 aromatic rings. The van der Waals surface area contributed by atoms with E-state index in [0.29, 0.717) is 20.7 Å². The average Bonchev–Trinajstić information content (AvgIpc) is 3.01. The van der Waals surface area contributed by atoms with E-state index in [2.05, 4.69) is 38.0 Å². The van der Waals surface area contributed by atoms with Crippen LogP contribution in [0.4, 0.5) is 5.69 Å². The van der Waals surface area contributed by atoms with Crippen LogP contribution in [-0.4, -0.2) is 21.4 Å². The largest absolute Gasteiger partial charge is 0.365 e. The van der Waals surface area contributed by atoms with E-state index in [1.807, 2.05) is 18.2 Å². The fraction of sp³-hybridized carbons (Fsp3) is 0.364. The van der Waals surface area contributed by atoms with Crippen molar-refractivity contribution in [1.29, 1.82) is 0 Å². The summed E-state index contributed by atoms with van der Waals surface area (Å²) in [6, 6.07) is 6.01. The van der Waals surface area contributed by atoms with Crippen LogP contribution in [0.3, 0.4) is 0 Å². The summed E-state index contributed by atoms with van der Waals surface area (Å²) in [5, 5.41) is 3.33. The normalized spacial score (nSPS) is 11.4. The Hall–Kier alpha value is -3.00. The molecule has 30 heavy (non-hydrogen) atoms. The van der Waals surface area contributed by atoms with Gasteiger partial charge in [0.15, 0.2) is 0 Å². The second-order valence-electron chi connectivity index (χ2n) is 7.95. The standard InChI is InChI=1S/C22H26N4O3S/c1-11(2)14-7-6-8-15(12(3)4)18(14)25-16(27)9-26-10-24-21-17(22(26)29)13(5)19(30-21)20(23)28/h6-8,10-12H,9H2,1-5H3,(H2,23,28)(H,25,27). The van der Waals surface area contributed by atoms with Crippen molar-refractivity contribution in [2.24, 2.45) is 5.73 Å². The molecule has 7 nitrogen and oxygen atoms in total. The van der Waals surface area contributed by atoms with Gasteiger partial charge in [0, 0.05) is 5.69 Å². The van der Waals surface area contributed by atoms with Crippen LogP contribution in [0.2, 0.25) is 0 Å². The highest BCUT2D eigenvalue weighted by atomic mass is 32.1. The first-order chi connectivity index (χ1) is 14.1. The Morgan fingerprint density at radius 3 is 2.30 bits per heavy atom. The lowest BCUT2D eigenvalue weighted by Crippen LogP contribution is -2.28. The van der Waals surface area contributed by atoms with Crippen molar-refractivity contribution in [2.75, 3.05) is 5.32 Å². The van der Waals surface area contributed by atoms with Gasteiger partial charge in [0.2, 0.25) is 5.91 Å². The highest BCUT2D eigenvalue weighted by molar-refractivity contribution is 7.20. The van der Waals surface area contributed by atoms with E-state index < -0.39 is 5.91 Å². The number of nitrogens with one attached hydrogen (secondary N) is 1. The van der Waals surface area contributed by atoms with Gasteiger partial charge in [-0.05, 0) is 35.4 Å². The van der Waals surface area contributed by atoms with Crippen LogP contribution < -0.4 is 16.6 Å². The summed E-state index contributed by atoms with van der Waals surface area (Å²) in [7, 11) is 0. The average molecular weight is 427 g/mol. The first-order valence-electron chi connectivity index (χ1n) is 9.82. The first-order valence-corrected chi connectivity index (χ1v) is 10.6. The number of aryl methyl sites for hydroxylation is 1. The van der Waals surface area contributed by atoms with Crippen molar-refractivity contribution >= 4 is 39.1 Å². The molecular formula is C22H26N4O3S. The Morgan fingerprint density at radius 2 is 1.77 bits per heavy atom. The van der Waals surface area contributed by atoms with E-state index >= 15 is 0 Å². The van der Waals surface area contributed by atoms with Gasteiger partial charge in [-0.3, -0.25) is 19.0 Å². The zero-order valence-corrected chi connectivity index (χ0v) is 18.6. The molecule has 0 atom stereocenters. The number of hydrogen-bond donors (Lipinski definition) is 2. The number of anilines is 1. The minimum atomic E-state index is -0.592. The third kappa shape index (κ3) is 4.00. The van der Waals surface area contributed by atoms with Crippen LogP contribution >= 0.6 is 11.3 Å². The molecule has 0 spiro atoms. The van der Waals surface area contributed by atoms with Crippen LogP contribution in [-0.2, 0) is 11.3 Å². The fourth-order valence-corrected chi connectivity index (χ4v) is 4.53. The number of nitrogens with two attached hydrogens (primary N) is 1. The highest BCUT2D eigenvalue weighted by Gasteiger charge is 2.20. The summed E-state index contributed by atoms with van der Waals surface area (Å²) in [5.41, 5.74) is 8.42. The molecule has 2 heterocycles. The number of fused-ring (bicyclic) bond motifs is 1. The van der Waals surface area contributed by atoms with Crippen LogP contribution in [0.5, 0.6) is 0 Å². The molecule has 158 valence electrons. The zero-order valence-electron chi connectivity index (χ0n) is 17.8. The van der Waals surface area contributed by atoms with Gasteiger partial charge in [0.05, 0.1) is 16.6 Å². The molecule has 8 heteroatoms. The zero-order chi connectivity index (χ0) is 22.2. The molecule has 0 unspecified atom stereocenters. The van der Waals surface area contributed by atoms with Crippen LogP contribution in [0, 0.1) is 6.92 Å². The van der Waals surface area contributed by atoms with E-state index in [4.69, 9.17) is 5.73 Å². The Bertz CT molecular complexity index is 1160. The summed E-state index contributed by atoms with van der Waals surface area (Å²) in [6.07, 6.45) is 1.34. The Balaban J connectivity index is 1.95. The van der Waals surface area contributed by atoms with Crippen molar-refractivity contribution < 1.29 is 9.59 Å². The second kappa shape index (κ2) is 8.39. The highest BCUT2D eigenvalue weighted by Crippen LogP contribution is 2.32. The number of thiophene rings is 1. The van der Waals surface area contributed by atoms with Crippen molar-refractivity contribution in [3.63, 3.8) is 0 Å². The van der Waals surface area contributed by atoms with E-state index in [9.17, 15) is 14.4 Å². The maximum atomic E-state index is 12.9. The number of benzene rings is 1. The molecule has 0 saturated heterocycles. The molecule has 2 amide bonds. The van der Waals surface area contributed by atoms with Gasteiger partial charge in [0.25, 0.3) is 11.5 Å². The Labute approximate surface area is 178 Å². The smallest absolute Gasteiger partial charge is 0.262 e. The summed E-state index contributed by atoms with van der Waals surface area (Å²) < 4.78 is 1.26. The molecular weight excluding hydrogens is 400 g/mol. The third-order valence-electron chi connectivity index (χ3n) is 5.09. The molecule has 3 N–H and O–H groups in total. The number of aromatic nitrogens is 2. The van der Waals surface area contributed by atoms with Gasteiger partial charge in [-0.15, -0.1) is 11.3 Å². The first kappa shape index (κ1) is 21.7. The Kier molecular flexibility index (Phi) is 6.07. The molecule has 3 rings (SSSR count). The third-order valence-corrected chi connectivity index (χ3v) is 6.31. The van der Waals surface area contributed by atoms with E-state index in [1.165, 1.54) is 10.9 Å². The minimum absolute atomic E-state index is 0.174. The molecule has 0 saturated carbocycles. The van der Waals surface area contributed by atoms with Gasteiger partial charge in [-0.25, -0.2) is 4.98 Å². The molecule has 0 aliphatic rings. The summed E-state index contributed by atoms with van der Waals surface area (Å²) in [6.45, 7) is 9.80. The van der Waals surface area contributed by atoms with Crippen LogP contribution in [0.25, 0.3) is 10.2 Å². The van der Waals surface area contributed by atoms with E-state index in [-0.39, 0.29) is 29.8 Å². The van der Waals surface area contributed by atoms with Crippen molar-refractivity contribution in [1.82, 2.24) is 9.55 Å². The quantitative estimate of drug-likeness (QED) is 0.626. The molecule has 0 fully saturated rings. The van der Waals surface area contributed by atoms with Crippen LogP contribution in [0.1, 0.15) is 65.9 Å². The second-order valence-corrected chi connectivity index (χ2v) is 8.95. The molecule has 0 radical (unpaired) electrons.